The fourth-order valence-corrected chi connectivity index (χ4v) is 3.00. The van der Waals surface area contributed by atoms with Crippen LogP contribution in [0.25, 0.3) is 0 Å². The second kappa shape index (κ2) is 8.11. The van der Waals surface area contributed by atoms with Gasteiger partial charge in [0, 0.05) is 31.3 Å². The van der Waals surface area contributed by atoms with E-state index in [9.17, 15) is 4.79 Å². The molecule has 1 N–H and O–H groups in total. The highest BCUT2D eigenvalue weighted by Crippen LogP contribution is 2.26. The van der Waals surface area contributed by atoms with Crippen molar-refractivity contribution in [3.8, 4) is 0 Å². The van der Waals surface area contributed by atoms with Crippen LogP contribution in [0.4, 0.5) is 11.5 Å². The largest absolute Gasteiger partial charge is 0.378 e. The Kier molecular flexibility index (Phi) is 5.65. The number of rotatable bonds is 6. The van der Waals surface area contributed by atoms with Gasteiger partial charge in [-0.05, 0) is 25.0 Å². The van der Waals surface area contributed by atoms with Gasteiger partial charge in [0.1, 0.15) is 0 Å². The molecule has 2 aromatic rings. The van der Waals surface area contributed by atoms with Crippen molar-refractivity contribution in [1.82, 2.24) is 10.1 Å². The number of nitrogens with one attached hydrogen (secondary N) is 1. The molecule has 3 rings (SSSR count). The molecule has 2 aromatic heterocycles. The smallest absolute Gasteiger partial charge is 0.294 e. The van der Waals surface area contributed by atoms with Crippen molar-refractivity contribution >= 4 is 17.4 Å². The van der Waals surface area contributed by atoms with Gasteiger partial charge in [0.25, 0.3) is 5.91 Å². The Morgan fingerprint density at radius 3 is 2.80 bits per heavy atom. The molecule has 0 bridgehead atoms. The molecule has 0 radical (unpaired) electrons. The lowest BCUT2D eigenvalue weighted by atomic mass is 9.99. The minimum absolute atomic E-state index is 0.221. The maximum atomic E-state index is 12.5. The van der Waals surface area contributed by atoms with E-state index in [-0.39, 0.29) is 11.7 Å². The summed E-state index contributed by atoms with van der Waals surface area (Å²) in [6, 6.07) is 5.38. The maximum absolute atomic E-state index is 12.5. The zero-order valence-corrected chi connectivity index (χ0v) is 14.7. The third-order valence-electron chi connectivity index (χ3n) is 4.50. The van der Waals surface area contributed by atoms with Gasteiger partial charge in [-0.15, -0.1) is 0 Å². The number of hydrogen-bond donors (Lipinski definition) is 1. The first-order valence-corrected chi connectivity index (χ1v) is 8.78. The average molecular weight is 344 g/mol. The molecule has 0 saturated carbocycles. The summed E-state index contributed by atoms with van der Waals surface area (Å²) in [5.74, 6) is 0.970. The summed E-state index contributed by atoms with van der Waals surface area (Å²) in [4.78, 5) is 19.1. The molecule has 134 valence electrons. The summed E-state index contributed by atoms with van der Waals surface area (Å²) in [6.07, 6.45) is 3.65. The van der Waals surface area contributed by atoms with Crippen LogP contribution in [-0.2, 0) is 4.74 Å². The molecule has 1 amide bonds. The van der Waals surface area contributed by atoms with Crippen molar-refractivity contribution in [1.29, 1.82) is 0 Å². The Balaban J connectivity index is 1.75. The van der Waals surface area contributed by atoms with E-state index < -0.39 is 0 Å². The molecular formula is C18H24N4O3. The molecule has 0 atom stereocenters. The minimum Gasteiger partial charge on any atom is -0.378 e. The lowest BCUT2D eigenvalue weighted by molar-refractivity contribution is 0.0987. The number of pyridine rings is 1. The van der Waals surface area contributed by atoms with Gasteiger partial charge in [-0.1, -0.05) is 19.0 Å². The number of carbonyl (C=O) groups excluding carboxylic acids is 1. The predicted octanol–water partition coefficient (Wildman–Crippen LogP) is 3.06. The molecule has 1 aliphatic heterocycles. The highest BCUT2D eigenvalue weighted by Gasteiger charge is 2.21. The summed E-state index contributed by atoms with van der Waals surface area (Å²) in [6.45, 7) is 7.03. The number of morpholine rings is 1. The molecule has 0 unspecified atom stereocenters. The van der Waals surface area contributed by atoms with Crippen LogP contribution in [0.15, 0.2) is 28.9 Å². The fraction of sp³-hybridized carbons (Fsp3) is 0.500. The van der Waals surface area contributed by atoms with Gasteiger partial charge < -0.3 is 19.5 Å². The van der Waals surface area contributed by atoms with Gasteiger partial charge in [0.15, 0.2) is 5.82 Å². The monoisotopic (exact) mass is 344 g/mol. The van der Waals surface area contributed by atoms with Crippen LogP contribution in [0.2, 0.25) is 0 Å². The quantitative estimate of drug-likeness (QED) is 0.867. The number of amides is 1. The van der Waals surface area contributed by atoms with E-state index >= 15 is 0 Å². The summed E-state index contributed by atoms with van der Waals surface area (Å²) in [5, 5.41) is 6.95. The van der Waals surface area contributed by atoms with Crippen LogP contribution >= 0.6 is 0 Å². The Bertz CT molecular complexity index is 706. The fourth-order valence-electron chi connectivity index (χ4n) is 3.00. The molecule has 1 saturated heterocycles. The highest BCUT2D eigenvalue weighted by molar-refractivity contribution is 6.03. The summed E-state index contributed by atoms with van der Waals surface area (Å²) >= 11 is 0. The van der Waals surface area contributed by atoms with Crippen LogP contribution in [-0.4, -0.2) is 42.4 Å². The third-order valence-corrected chi connectivity index (χ3v) is 4.50. The average Bonchev–Trinajstić information content (AvgIpc) is 3.14. The Morgan fingerprint density at radius 2 is 2.08 bits per heavy atom. The topological polar surface area (TPSA) is 80.5 Å². The van der Waals surface area contributed by atoms with E-state index in [1.165, 1.54) is 0 Å². The van der Waals surface area contributed by atoms with Crippen molar-refractivity contribution in [2.75, 3.05) is 36.5 Å². The molecule has 3 heterocycles. The second-order valence-electron chi connectivity index (χ2n) is 6.06. The van der Waals surface area contributed by atoms with Crippen LogP contribution in [0, 0.1) is 0 Å². The van der Waals surface area contributed by atoms with Crippen LogP contribution < -0.4 is 10.2 Å². The van der Waals surface area contributed by atoms with Crippen LogP contribution in [0.5, 0.6) is 0 Å². The normalized spacial score (nSPS) is 14.8. The van der Waals surface area contributed by atoms with Crippen molar-refractivity contribution in [3.05, 3.63) is 35.9 Å². The SMILES string of the molecule is CCC(CC)c1cc(C(=O)Nc2cccnc2N2CCOCC2)on1. The standard InChI is InChI=1S/C18H24N4O3/c1-3-13(4-2)15-12-16(25-21-15)18(23)20-14-6-5-7-19-17(14)22-8-10-24-11-9-22/h5-7,12-13H,3-4,8-11H2,1-2H3,(H,20,23). The van der Waals surface area contributed by atoms with Crippen molar-refractivity contribution < 1.29 is 14.1 Å². The lowest BCUT2D eigenvalue weighted by Crippen LogP contribution is -2.37. The molecule has 7 heteroatoms. The predicted molar refractivity (Wildman–Crippen MR) is 95.0 cm³/mol. The van der Waals surface area contributed by atoms with Gasteiger partial charge in [-0.2, -0.15) is 0 Å². The summed E-state index contributed by atoms with van der Waals surface area (Å²) in [5.41, 5.74) is 1.49. The lowest BCUT2D eigenvalue weighted by Gasteiger charge is -2.29. The van der Waals surface area contributed by atoms with Crippen molar-refractivity contribution in [2.45, 2.75) is 32.6 Å². The number of carbonyl (C=O) groups is 1. The number of aromatic nitrogens is 2. The first-order valence-electron chi connectivity index (χ1n) is 8.78. The molecule has 1 fully saturated rings. The van der Waals surface area contributed by atoms with E-state index in [0.717, 1.165) is 37.4 Å². The van der Waals surface area contributed by atoms with Gasteiger partial charge in [0.05, 0.1) is 24.6 Å². The first kappa shape index (κ1) is 17.4. The maximum Gasteiger partial charge on any atom is 0.294 e. The first-order chi connectivity index (χ1) is 12.2. The van der Waals surface area contributed by atoms with E-state index in [2.05, 4.69) is 34.2 Å². The molecular weight excluding hydrogens is 320 g/mol. The molecule has 0 aliphatic carbocycles. The zero-order valence-electron chi connectivity index (χ0n) is 14.7. The molecule has 7 nitrogen and oxygen atoms in total. The molecule has 25 heavy (non-hydrogen) atoms. The Hall–Kier alpha value is -2.41. The van der Waals surface area contributed by atoms with Gasteiger partial charge in [-0.3, -0.25) is 4.79 Å². The second-order valence-corrected chi connectivity index (χ2v) is 6.06. The van der Waals surface area contributed by atoms with E-state index in [1.807, 2.05) is 6.07 Å². The van der Waals surface area contributed by atoms with E-state index in [1.54, 1.807) is 18.3 Å². The van der Waals surface area contributed by atoms with Gasteiger partial charge in [0.2, 0.25) is 5.76 Å². The molecule has 1 aliphatic rings. The Labute approximate surface area is 147 Å². The number of ether oxygens (including phenoxy) is 1. The van der Waals surface area contributed by atoms with Crippen molar-refractivity contribution in [3.63, 3.8) is 0 Å². The minimum atomic E-state index is -0.313. The number of nitrogens with zero attached hydrogens (tertiary/aromatic N) is 3. The number of hydrogen-bond acceptors (Lipinski definition) is 6. The third kappa shape index (κ3) is 3.99. The zero-order chi connectivity index (χ0) is 17.6. The summed E-state index contributed by atoms with van der Waals surface area (Å²) < 4.78 is 10.6. The molecule has 0 spiro atoms. The van der Waals surface area contributed by atoms with Gasteiger partial charge in [-0.25, -0.2) is 4.98 Å². The number of anilines is 2. The van der Waals surface area contributed by atoms with E-state index in [4.69, 9.17) is 9.26 Å². The Morgan fingerprint density at radius 1 is 1.32 bits per heavy atom. The van der Waals surface area contributed by atoms with Gasteiger partial charge >= 0.3 is 0 Å². The molecule has 0 aromatic carbocycles. The highest BCUT2D eigenvalue weighted by atomic mass is 16.5. The van der Waals surface area contributed by atoms with E-state index in [0.29, 0.717) is 24.8 Å². The van der Waals surface area contributed by atoms with Crippen LogP contribution in [0.1, 0.15) is 48.9 Å². The summed E-state index contributed by atoms with van der Waals surface area (Å²) in [7, 11) is 0. The van der Waals surface area contributed by atoms with Crippen LogP contribution in [0.3, 0.4) is 0 Å². The van der Waals surface area contributed by atoms with Crippen molar-refractivity contribution in [2.24, 2.45) is 0 Å².